The van der Waals surface area contributed by atoms with Gasteiger partial charge in [0.2, 0.25) is 0 Å². The van der Waals surface area contributed by atoms with E-state index in [0.29, 0.717) is 5.56 Å². The zero-order valence-electron chi connectivity index (χ0n) is 11.5. The number of benzene rings is 1. The quantitative estimate of drug-likeness (QED) is 0.664. The average molecular weight is 273 g/mol. The van der Waals surface area contributed by atoms with Crippen LogP contribution in [0.25, 0.3) is 0 Å². The maximum Gasteiger partial charge on any atom is 0.357 e. The van der Waals surface area contributed by atoms with Crippen molar-refractivity contribution in [3.63, 3.8) is 0 Å². The first-order valence-corrected chi connectivity index (χ1v) is 6.10. The van der Waals surface area contributed by atoms with Crippen LogP contribution >= 0.6 is 0 Å². The lowest BCUT2D eigenvalue weighted by atomic mass is 10.1. The number of nitrogens with zero attached hydrogens (tertiary/aromatic N) is 1. The second-order valence-electron chi connectivity index (χ2n) is 4.78. The lowest BCUT2D eigenvalue weighted by Gasteiger charge is -2.11. The molecule has 1 heterocycles. The molecule has 20 heavy (non-hydrogen) atoms. The highest BCUT2D eigenvalue weighted by molar-refractivity contribution is 5.72. The van der Waals surface area contributed by atoms with Crippen LogP contribution in [0.4, 0.5) is 17.1 Å². The Morgan fingerprint density at radius 2 is 1.75 bits per heavy atom. The van der Waals surface area contributed by atoms with Crippen molar-refractivity contribution >= 4 is 17.1 Å². The molecule has 2 aromatic rings. The molecule has 6 nitrogen and oxygen atoms in total. The highest BCUT2D eigenvalue weighted by Crippen LogP contribution is 2.28. The highest BCUT2D eigenvalue weighted by atomic mass is 16.6. The van der Waals surface area contributed by atoms with Crippen molar-refractivity contribution in [2.24, 2.45) is 0 Å². The molecular weight excluding hydrogens is 258 g/mol. The monoisotopic (exact) mass is 273 g/mol. The topological polar surface area (TPSA) is 88.0 Å². The Labute approximate surface area is 115 Å². The smallest absolute Gasteiger partial charge is 0.349 e. The van der Waals surface area contributed by atoms with E-state index >= 15 is 0 Å². The van der Waals surface area contributed by atoms with Crippen LogP contribution in [0.5, 0.6) is 0 Å². The fourth-order valence-corrected chi connectivity index (χ4v) is 2.14. The first-order valence-electron chi connectivity index (χ1n) is 6.10. The largest absolute Gasteiger partial charge is 0.357 e. The number of aryl methyl sites for hydroxylation is 3. The zero-order valence-corrected chi connectivity index (χ0v) is 11.5. The first-order chi connectivity index (χ1) is 9.38. The molecule has 0 bridgehead atoms. The maximum absolute atomic E-state index is 11.6. The van der Waals surface area contributed by atoms with Gasteiger partial charge in [0.25, 0.3) is 0 Å². The molecule has 2 N–H and O–H groups in total. The van der Waals surface area contributed by atoms with Crippen LogP contribution in [0, 0.1) is 30.9 Å². The number of nitro groups is 1. The van der Waals surface area contributed by atoms with Gasteiger partial charge in [0, 0.05) is 11.9 Å². The van der Waals surface area contributed by atoms with Crippen LogP contribution in [0.2, 0.25) is 0 Å². The molecule has 1 aromatic carbocycles. The predicted molar refractivity (Wildman–Crippen MR) is 77.7 cm³/mol. The molecule has 0 spiro atoms. The van der Waals surface area contributed by atoms with Gasteiger partial charge in [0.1, 0.15) is 5.69 Å². The molecule has 0 saturated heterocycles. The zero-order chi connectivity index (χ0) is 14.9. The van der Waals surface area contributed by atoms with E-state index in [1.807, 2.05) is 32.0 Å². The Kier molecular flexibility index (Phi) is 3.56. The van der Waals surface area contributed by atoms with E-state index in [1.54, 1.807) is 6.92 Å². The lowest BCUT2D eigenvalue weighted by Crippen LogP contribution is -2.14. The summed E-state index contributed by atoms with van der Waals surface area (Å²) in [5.74, 6) is 0. The molecule has 0 radical (unpaired) electrons. The number of pyridine rings is 1. The Morgan fingerprint density at radius 1 is 1.15 bits per heavy atom. The summed E-state index contributed by atoms with van der Waals surface area (Å²) in [6.07, 6.45) is 1.46. The molecule has 1 aromatic heterocycles. The molecule has 0 fully saturated rings. The van der Waals surface area contributed by atoms with Crippen molar-refractivity contribution in [3.05, 3.63) is 61.6 Å². The first kappa shape index (κ1) is 13.8. The van der Waals surface area contributed by atoms with Gasteiger partial charge in [-0.15, -0.1) is 0 Å². The summed E-state index contributed by atoms with van der Waals surface area (Å²) in [6.45, 7) is 5.59. The standard InChI is InChI=1S/C14H15N3O3/c1-8-4-9(2)6-11(5-8)16-12-10(3)7-15-14(18)13(12)17(19)20/h4-7H,1-3H3,(H2,15,16,18). The number of anilines is 2. The SMILES string of the molecule is Cc1cc(C)cc(Nc2c(C)c[nH]c(=O)c2[N+](=O)[O-])c1. The van der Waals surface area contributed by atoms with Crippen LogP contribution < -0.4 is 10.9 Å². The minimum absolute atomic E-state index is 0.226. The van der Waals surface area contributed by atoms with Crippen LogP contribution in [0.1, 0.15) is 16.7 Å². The summed E-state index contributed by atoms with van der Waals surface area (Å²) in [5, 5.41) is 14.0. The Morgan fingerprint density at radius 3 is 2.30 bits per heavy atom. The van der Waals surface area contributed by atoms with Gasteiger partial charge in [-0.25, -0.2) is 0 Å². The van der Waals surface area contributed by atoms with Gasteiger partial charge in [-0.05, 0) is 49.6 Å². The third kappa shape index (κ3) is 2.69. The second kappa shape index (κ2) is 5.16. The number of aromatic amines is 1. The molecule has 0 atom stereocenters. The summed E-state index contributed by atoms with van der Waals surface area (Å²) in [4.78, 5) is 24.4. The maximum atomic E-state index is 11.6. The van der Waals surface area contributed by atoms with Crippen LogP contribution in [-0.4, -0.2) is 9.91 Å². The number of H-pyrrole nitrogens is 1. The Hall–Kier alpha value is -2.63. The number of hydrogen-bond donors (Lipinski definition) is 2. The third-order valence-corrected chi connectivity index (χ3v) is 2.94. The average Bonchev–Trinajstić information content (AvgIpc) is 2.32. The predicted octanol–water partition coefficient (Wildman–Crippen LogP) is 2.95. The normalized spacial score (nSPS) is 10.3. The van der Waals surface area contributed by atoms with E-state index in [4.69, 9.17) is 0 Å². The van der Waals surface area contributed by atoms with E-state index in [2.05, 4.69) is 10.3 Å². The van der Waals surface area contributed by atoms with E-state index in [1.165, 1.54) is 6.20 Å². The van der Waals surface area contributed by atoms with Gasteiger partial charge in [-0.1, -0.05) is 6.07 Å². The van der Waals surface area contributed by atoms with Gasteiger partial charge in [-0.2, -0.15) is 0 Å². The Balaban J connectivity index is 2.56. The minimum Gasteiger partial charge on any atom is -0.349 e. The summed E-state index contributed by atoms with van der Waals surface area (Å²) < 4.78 is 0. The number of aromatic nitrogens is 1. The molecule has 0 unspecified atom stereocenters. The summed E-state index contributed by atoms with van der Waals surface area (Å²) in [6, 6.07) is 5.75. The summed E-state index contributed by atoms with van der Waals surface area (Å²) in [7, 11) is 0. The fourth-order valence-electron chi connectivity index (χ4n) is 2.14. The number of rotatable bonds is 3. The second-order valence-corrected chi connectivity index (χ2v) is 4.78. The van der Waals surface area contributed by atoms with Crippen molar-refractivity contribution in [3.8, 4) is 0 Å². The van der Waals surface area contributed by atoms with E-state index < -0.39 is 16.2 Å². The summed E-state index contributed by atoms with van der Waals surface area (Å²) in [5.41, 5.74) is 2.45. The van der Waals surface area contributed by atoms with Crippen molar-refractivity contribution in [2.45, 2.75) is 20.8 Å². The molecular formula is C14H15N3O3. The highest BCUT2D eigenvalue weighted by Gasteiger charge is 2.21. The molecule has 0 aliphatic rings. The molecule has 2 rings (SSSR count). The number of nitrogens with one attached hydrogen (secondary N) is 2. The van der Waals surface area contributed by atoms with Crippen molar-refractivity contribution < 1.29 is 4.92 Å². The molecule has 6 heteroatoms. The molecule has 0 aliphatic carbocycles. The van der Waals surface area contributed by atoms with Crippen molar-refractivity contribution in [1.29, 1.82) is 0 Å². The van der Waals surface area contributed by atoms with Crippen LogP contribution in [0.3, 0.4) is 0 Å². The van der Waals surface area contributed by atoms with Crippen LogP contribution in [0.15, 0.2) is 29.2 Å². The molecule has 0 aliphatic heterocycles. The Bertz CT molecular complexity index is 715. The van der Waals surface area contributed by atoms with Crippen molar-refractivity contribution in [2.75, 3.05) is 5.32 Å². The fraction of sp³-hybridized carbons (Fsp3) is 0.214. The molecule has 0 amide bonds. The third-order valence-electron chi connectivity index (χ3n) is 2.94. The lowest BCUT2D eigenvalue weighted by molar-refractivity contribution is -0.385. The van der Waals surface area contributed by atoms with Gasteiger partial charge >= 0.3 is 11.2 Å². The summed E-state index contributed by atoms with van der Waals surface area (Å²) >= 11 is 0. The van der Waals surface area contributed by atoms with Gasteiger partial charge in [0.15, 0.2) is 0 Å². The van der Waals surface area contributed by atoms with E-state index in [0.717, 1.165) is 16.8 Å². The van der Waals surface area contributed by atoms with Crippen molar-refractivity contribution in [1.82, 2.24) is 4.98 Å². The van der Waals surface area contributed by atoms with E-state index in [-0.39, 0.29) is 5.69 Å². The van der Waals surface area contributed by atoms with Gasteiger partial charge < -0.3 is 10.3 Å². The van der Waals surface area contributed by atoms with Gasteiger partial charge in [-0.3, -0.25) is 14.9 Å². The molecule has 0 saturated carbocycles. The number of hydrogen-bond acceptors (Lipinski definition) is 4. The van der Waals surface area contributed by atoms with E-state index in [9.17, 15) is 14.9 Å². The van der Waals surface area contributed by atoms with Gasteiger partial charge in [0.05, 0.1) is 4.92 Å². The molecule has 104 valence electrons. The minimum atomic E-state index is -0.715. The van der Waals surface area contributed by atoms with Crippen LogP contribution in [-0.2, 0) is 0 Å².